The van der Waals surface area contributed by atoms with Gasteiger partial charge in [0.1, 0.15) is 0 Å². The quantitative estimate of drug-likeness (QED) is 0.725. The highest BCUT2D eigenvalue weighted by Gasteiger charge is 2.05. The standard InChI is InChI=1S/C18H15ClN2O3/c19-15-4-2-1-3-13(15)5-6-16(22)20-9-11-21-10-7-14-8-12-24-17(14)18(21)23/h1-8,10,12H,9,11H2,(H,20,22). The summed E-state index contributed by atoms with van der Waals surface area (Å²) >= 11 is 6.02. The van der Waals surface area contributed by atoms with E-state index in [1.165, 1.54) is 16.9 Å². The maximum absolute atomic E-state index is 12.1. The number of hydrogen-bond acceptors (Lipinski definition) is 3. The topological polar surface area (TPSA) is 64.2 Å². The molecule has 0 spiro atoms. The maximum atomic E-state index is 12.1. The van der Waals surface area contributed by atoms with Gasteiger partial charge in [-0.25, -0.2) is 0 Å². The van der Waals surface area contributed by atoms with Crippen LogP contribution in [0.4, 0.5) is 0 Å². The number of pyridine rings is 1. The molecule has 0 aliphatic carbocycles. The second-order valence-electron chi connectivity index (χ2n) is 5.17. The van der Waals surface area contributed by atoms with E-state index in [1.807, 2.05) is 18.2 Å². The van der Waals surface area contributed by atoms with Gasteiger partial charge in [-0.3, -0.25) is 9.59 Å². The Kier molecular flexibility index (Phi) is 4.82. The smallest absolute Gasteiger partial charge is 0.294 e. The molecule has 3 rings (SSSR count). The average molecular weight is 343 g/mol. The molecule has 1 aromatic carbocycles. The van der Waals surface area contributed by atoms with Crippen LogP contribution in [-0.2, 0) is 11.3 Å². The van der Waals surface area contributed by atoms with Crippen molar-refractivity contribution in [2.75, 3.05) is 6.54 Å². The molecule has 24 heavy (non-hydrogen) atoms. The number of furan rings is 1. The summed E-state index contributed by atoms with van der Waals surface area (Å²) in [6, 6.07) is 10.8. The number of aromatic nitrogens is 1. The summed E-state index contributed by atoms with van der Waals surface area (Å²) in [6.07, 6.45) is 6.24. The van der Waals surface area contributed by atoms with Gasteiger partial charge in [0, 0.05) is 35.8 Å². The number of rotatable bonds is 5. The number of hydrogen-bond donors (Lipinski definition) is 1. The van der Waals surface area contributed by atoms with E-state index < -0.39 is 0 Å². The minimum atomic E-state index is -0.248. The van der Waals surface area contributed by atoms with E-state index in [0.29, 0.717) is 23.7 Å². The van der Waals surface area contributed by atoms with Crippen molar-refractivity contribution in [3.05, 3.63) is 75.9 Å². The first kappa shape index (κ1) is 16.1. The van der Waals surface area contributed by atoms with E-state index in [4.69, 9.17) is 16.0 Å². The van der Waals surface area contributed by atoms with Crippen molar-refractivity contribution in [1.29, 1.82) is 0 Å². The molecule has 0 aliphatic rings. The SMILES string of the molecule is O=C(C=Cc1ccccc1Cl)NCCn1ccc2ccoc2c1=O. The van der Waals surface area contributed by atoms with E-state index >= 15 is 0 Å². The van der Waals surface area contributed by atoms with Crippen LogP contribution in [0.3, 0.4) is 0 Å². The normalized spacial score (nSPS) is 11.2. The highest BCUT2D eigenvalue weighted by molar-refractivity contribution is 6.32. The number of nitrogens with zero attached hydrogens (tertiary/aromatic N) is 1. The average Bonchev–Trinajstić information content (AvgIpc) is 3.06. The van der Waals surface area contributed by atoms with Crippen LogP contribution >= 0.6 is 11.6 Å². The van der Waals surface area contributed by atoms with Crippen LogP contribution in [0.1, 0.15) is 5.56 Å². The van der Waals surface area contributed by atoms with Crippen LogP contribution < -0.4 is 10.9 Å². The molecule has 0 radical (unpaired) electrons. The third-order valence-electron chi connectivity index (χ3n) is 3.56. The highest BCUT2D eigenvalue weighted by atomic mass is 35.5. The fraction of sp³-hybridized carbons (Fsp3) is 0.111. The second-order valence-corrected chi connectivity index (χ2v) is 5.57. The third-order valence-corrected chi connectivity index (χ3v) is 3.90. The first-order chi connectivity index (χ1) is 11.6. The first-order valence-corrected chi connectivity index (χ1v) is 7.80. The van der Waals surface area contributed by atoms with Crippen LogP contribution in [0, 0.1) is 0 Å². The minimum absolute atomic E-state index is 0.210. The van der Waals surface area contributed by atoms with Crippen LogP contribution in [0.25, 0.3) is 17.0 Å². The van der Waals surface area contributed by atoms with E-state index in [0.717, 1.165) is 10.9 Å². The van der Waals surface area contributed by atoms with Crippen LogP contribution in [0.15, 0.2) is 64.1 Å². The highest BCUT2D eigenvalue weighted by Crippen LogP contribution is 2.16. The van der Waals surface area contributed by atoms with Gasteiger partial charge in [0.25, 0.3) is 5.56 Å². The summed E-state index contributed by atoms with van der Waals surface area (Å²) in [6.45, 7) is 0.693. The number of fused-ring (bicyclic) bond motifs is 1. The lowest BCUT2D eigenvalue weighted by atomic mass is 10.2. The zero-order valence-electron chi connectivity index (χ0n) is 12.7. The molecule has 0 unspecified atom stereocenters. The molecule has 0 saturated heterocycles. The molecule has 122 valence electrons. The largest absolute Gasteiger partial charge is 0.459 e. The third kappa shape index (κ3) is 3.58. The second kappa shape index (κ2) is 7.19. The fourth-order valence-corrected chi connectivity index (χ4v) is 2.50. The van der Waals surface area contributed by atoms with Crippen molar-refractivity contribution in [1.82, 2.24) is 9.88 Å². The Labute approximate surface area is 143 Å². The van der Waals surface area contributed by atoms with E-state index in [9.17, 15) is 9.59 Å². The number of benzene rings is 1. The fourth-order valence-electron chi connectivity index (χ4n) is 2.30. The lowest BCUT2D eigenvalue weighted by molar-refractivity contribution is -0.116. The lowest BCUT2D eigenvalue weighted by Crippen LogP contribution is -2.29. The van der Waals surface area contributed by atoms with Crippen molar-refractivity contribution >= 4 is 34.6 Å². The molecule has 1 N–H and O–H groups in total. The van der Waals surface area contributed by atoms with Gasteiger partial charge in [-0.05, 0) is 29.8 Å². The Bertz CT molecular complexity index is 956. The van der Waals surface area contributed by atoms with Crippen LogP contribution in [0.2, 0.25) is 5.02 Å². The van der Waals surface area contributed by atoms with E-state index in [2.05, 4.69) is 5.32 Å². The molecule has 6 heteroatoms. The summed E-state index contributed by atoms with van der Waals surface area (Å²) in [7, 11) is 0. The predicted octanol–water partition coefficient (Wildman–Crippen LogP) is 3.08. The Hall–Kier alpha value is -2.79. The summed E-state index contributed by atoms with van der Waals surface area (Å²) < 4.78 is 6.68. The molecule has 3 aromatic rings. The summed E-state index contributed by atoms with van der Waals surface area (Å²) in [5, 5.41) is 4.08. The Morgan fingerprint density at radius 2 is 2.08 bits per heavy atom. The molecule has 0 aliphatic heterocycles. The number of nitrogens with one attached hydrogen (secondary N) is 1. The Morgan fingerprint density at radius 1 is 1.25 bits per heavy atom. The van der Waals surface area contributed by atoms with Gasteiger partial charge in [0.2, 0.25) is 5.91 Å². The maximum Gasteiger partial charge on any atom is 0.294 e. The van der Waals surface area contributed by atoms with Gasteiger partial charge in [0.15, 0.2) is 5.58 Å². The molecule has 0 saturated carbocycles. The minimum Gasteiger partial charge on any atom is -0.459 e. The lowest BCUT2D eigenvalue weighted by Gasteiger charge is -2.06. The van der Waals surface area contributed by atoms with E-state index in [-0.39, 0.29) is 11.5 Å². The molecule has 0 bridgehead atoms. The molecule has 5 nitrogen and oxygen atoms in total. The van der Waals surface area contributed by atoms with Crippen molar-refractivity contribution in [2.24, 2.45) is 0 Å². The first-order valence-electron chi connectivity index (χ1n) is 7.42. The van der Waals surface area contributed by atoms with Gasteiger partial charge in [-0.1, -0.05) is 29.8 Å². The predicted molar refractivity (Wildman–Crippen MR) is 94.0 cm³/mol. The van der Waals surface area contributed by atoms with Crippen LogP contribution in [0.5, 0.6) is 0 Å². The van der Waals surface area contributed by atoms with Gasteiger partial charge >= 0.3 is 0 Å². The molecule has 1 amide bonds. The molecule has 2 aromatic heterocycles. The molecule has 0 fully saturated rings. The van der Waals surface area contributed by atoms with E-state index in [1.54, 1.807) is 30.5 Å². The van der Waals surface area contributed by atoms with Gasteiger partial charge in [-0.15, -0.1) is 0 Å². The van der Waals surface area contributed by atoms with Gasteiger partial charge < -0.3 is 14.3 Å². The van der Waals surface area contributed by atoms with Gasteiger partial charge in [-0.2, -0.15) is 0 Å². The summed E-state index contributed by atoms with van der Waals surface area (Å²) in [5.41, 5.74) is 0.884. The zero-order valence-corrected chi connectivity index (χ0v) is 13.5. The number of amides is 1. The zero-order chi connectivity index (χ0) is 16.9. The molecular formula is C18H15ClN2O3. The summed E-state index contributed by atoms with van der Waals surface area (Å²) in [4.78, 5) is 24.0. The molecule has 0 atom stereocenters. The number of carbonyl (C=O) groups is 1. The summed E-state index contributed by atoms with van der Waals surface area (Å²) in [5.74, 6) is -0.248. The van der Waals surface area contributed by atoms with Crippen molar-refractivity contribution in [2.45, 2.75) is 6.54 Å². The van der Waals surface area contributed by atoms with Crippen molar-refractivity contribution in [3.63, 3.8) is 0 Å². The monoisotopic (exact) mass is 342 g/mol. The van der Waals surface area contributed by atoms with Crippen molar-refractivity contribution in [3.8, 4) is 0 Å². The number of carbonyl (C=O) groups excluding carboxylic acids is 1. The Morgan fingerprint density at radius 3 is 2.92 bits per heavy atom. The molecular weight excluding hydrogens is 328 g/mol. The Balaban J connectivity index is 1.57. The molecule has 2 heterocycles. The van der Waals surface area contributed by atoms with Crippen LogP contribution in [-0.4, -0.2) is 17.0 Å². The van der Waals surface area contributed by atoms with Crippen molar-refractivity contribution < 1.29 is 9.21 Å². The van der Waals surface area contributed by atoms with Gasteiger partial charge in [0.05, 0.1) is 6.26 Å². The number of halogens is 1.